The van der Waals surface area contributed by atoms with Crippen LogP contribution in [0.4, 0.5) is 4.79 Å². The van der Waals surface area contributed by atoms with Crippen molar-refractivity contribution in [1.29, 1.82) is 0 Å². The van der Waals surface area contributed by atoms with Gasteiger partial charge in [0.2, 0.25) is 5.79 Å². The first-order valence-corrected chi connectivity index (χ1v) is 12.6. The molecule has 3 aliphatic rings. The highest BCUT2D eigenvalue weighted by Crippen LogP contribution is 2.66. The van der Waals surface area contributed by atoms with E-state index < -0.39 is 52.0 Å². The van der Waals surface area contributed by atoms with Crippen LogP contribution in [0.3, 0.4) is 0 Å². The standard InChI is InChI=1S/C26H44N2O6/c1-8-17(2)15-20(30)26(33)18(3)16-19(29)21-23(4,5)9-10-25(32,24(21,26)6)34-22(31)28-13-11-27(7)12-14-28/h8,17-19,21,29,32-33H,1,9-16H2,2-7H3/t17-,18+,19+,21+,24-,25+,26-/m1/s1. The number of amides is 1. The number of carbonyl (C=O) groups is 2. The lowest BCUT2D eigenvalue weighted by Gasteiger charge is -2.67. The number of aliphatic hydroxyl groups is 3. The monoisotopic (exact) mass is 480 g/mol. The number of hydrogen-bond donors (Lipinski definition) is 3. The number of likely N-dealkylation sites (N-methyl/N-ethyl adjacent to an activating group) is 1. The maximum atomic E-state index is 13.7. The second-order valence-electron chi connectivity index (χ2n) is 11.9. The molecule has 2 saturated carbocycles. The predicted molar refractivity (Wildman–Crippen MR) is 129 cm³/mol. The lowest BCUT2D eigenvalue weighted by atomic mass is 9.41. The molecule has 34 heavy (non-hydrogen) atoms. The number of aliphatic hydroxyl groups excluding tert-OH is 1. The van der Waals surface area contributed by atoms with E-state index in [0.29, 0.717) is 32.6 Å². The van der Waals surface area contributed by atoms with E-state index in [2.05, 4.69) is 11.5 Å². The number of hydrogen-bond acceptors (Lipinski definition) is 7. The molecule has 1 amide bonds. The lowest BCUT2D eigenvalue weighted by molar-refractivity contribution is -0.363. The Morgan fingerprint density at radius 2 is 1.74 bits per heavy atom. The van der Waals surface area contributed by atoms with Gasteiger partial charge in [0.1, 0.15) is 5.60 Å². The normalized spacial score (nSPS) is 41.3. The molecule has 8 nitrogen and oxygen atoms in total. The summed E-state index contributed by atoms with van der Waals surface area (Å²) < 4.78 is 5.87. The number of ketones is 1. The first kappa shape index (κ1) is 27.1. The third kappa shape index (κ3) is 4.10. The zero-order valence-electron chi connectivity index (χ0n) is 21.7. The van der Waals surface area contributed by atoms with Gasteiger partial charge in [-0.3, -0.25) is 4.79 Å². The van der Waals surface area contributed by atoms with Gasteiger partial charge in [0.05, 0.1) is 11.5 Å². The molecule has 0 aromatic carbocycles. The molecular formula is C26H44N2O6. The van der Waals surface area contributed by atoms with Gasteiger partial charge in [0.15, 0.2) is 5.78 Å². The van der Waals surface area contributed by atoms with E-state index in [1.807, 2.05) is 27.8 Å². The third-order valence-corrected chi connectivity index (χ3v) is 9.22. The number of Topliss-reactive ketones (excluding diaryl/α,β-unsaturated/α-hetero) is 1. The van der Waals surface area contributed by atoms with Crippen LogP contribution in [0.1, 0.15) is 60.3 Å². The van der Waals surface area contributed by atoms with Gasteiger partial charge in [-0.15, -0.1) is 6.58 Å². The van der Waals surface area contributed by atoms with Crippen molar-refractivity contribution < 1.29 is 29.6 Å². The Balaban J connectivity index is 2.08. The van der Waals surface area contributed by atoms with Gasteiger partial charge in [-0.2, -0.15) is 0 Å². The molecule has 2 aliphatic carbocycles. The predicted octanol–water partition coefficient (Wildman–Crippen LogP) is 2.41. The molecule has 1 aliphatic heterocycles. The highest BCUT2D eigenvalue weighted by atomic mass is 16.7. The molecular weight excluding hydrogens is 436 g/mol. The van der Waals surface area contributed by atoms with Crippen molar-refractivity contribution in [3.05, 3.63) is 12.7 Å². The van der Waals surface area contributed by atoms with E-state index in [0.717, 1.165) is 0 Å². The van der Waals surface area contributed by atoms with E-state index >= 15 is 0 Å². The van der Waals surface area contributed by atoms with E-state index in [1.54, 1.807) is 24.8 Å². The minimum Gasteiger partial charge on any atom is -0.416 e. The molecule has 1 saturated heterocycles. The second kappa shape index (κ2) is 9.19. The summed E-state index contributed by atoms with van der Waals surface area (Å²) in [5, 5.41) is 35.6. The molecule has 7 atom stereocenters. The van der Waals surface area contributed by atoms with Gasteiger partial charge in [-0.25, -0.2) is 4.79 Å². The molecule has 194 valence electrons. The maximum absolute atomic E-state index is 13.7. The summed E-state index contributed by atoms with van der Waals surface area (Å²) in [5.74, 6) is -4.02. The molecule has 3 N–H and O–H groups in total. The van der Waals surface area contributed by atoms with Crippen molar-refractivity contribution in [3.8, 4) is 0 Å². The van der Waals surface area contributed by atoms with Crippen molar-refractivity contribution in [2.75, 3.05) is 33.2 Å². The average Bonchev–Trinajstić information content (AvgIpc) is 2.75. The zero-order chi connectivity index (χ0) is 25.7. The first-order chi connectivity index (χ1) is 15.6. The fourth-order valence-corrected chi connectivity index (χ4v) is 7.00. The average molecular weight is 481 g/mol. The van der Waals surface area contributed by atoms with E-state index in [9.17, 15) is 24.9 Å². The van der Waals surface area contributed by atoms with Crippen molar-refractivity contribution in [2.24, 2.45) is 28.6 Å². The summed E-state index contributed by atoms with van der Waals surface area (Å²) in [4.78, 5) is 30.6. The molecule has 8 heteroatoms. The van der Waals surface area contributed by atoms with Crippen LogP contribution in [0.5, 0.6) is 0 Å². The Labute approximate surface area is 203 Å². The smallest absolute Gasteiger partial charge is 0.412 e. The van der Waals surface area contributed by atoms with Crippen LogP contribution in [0.2, 0.25) is 0 Å². The molecule has 0 unspecified atom stereocenters. The molecule has 0 aromatic rings. The minimum atomic E-state index is -2.12. The van der Waals surface area contributed by atoms with Gasteiger partial charge in [-0.1, -0.05) is 33.8 Å². The highest BCUT2D eigenvalue weighted by molar-refractivity contribution is 5.89. The molecule has 0 bridgehead atoms. The fourth-order valence-electron chi connectivity index (χ4n) is 7.00. The van der Waals surface area contributed by atoms with Crippen molar-refractivity contribution in [2.45, 2.75) is 77.8 Å². The Kier molecular flexibility index (Phi) is 7.33. The third-order valence-electron chi connectivity index (χ3n) is 9.22. The lowest BCUT2D eigenvalue weighted by Crippen LogP contribution is -2.78. The molecule has 1 heterocycles. The number of rotatable bonds is 5. The van der Waals surface area contributed by atoms with Gasteiger partial charge in [0, 0.05) is 44.9 Å². The molecule has 3 rings (SSSR count). The van der Waals surface area contributed by atoms with Gasteiger partial charge in [0.25, 0.3) is 0 Å². The van der Waals surface area contributed by atoms with Crippen LogP contribution in [0, 0.1) is 28.6 Å². The SMILES string of the molecule is C=C[C@@H](C)CC(=O)[C@]1(O)[C@@H](C)C[C@H](O)[C@H]2C(C)(C)CC[C@](O)(OC(=O)N3CCN(C)CC3)[C@@]21C. The first-order valence-electron chi connectivity index (χ1n) is 12.6. The largest absolute Gasteiger partial charge is 0.416 e. The van der Waals surface area contributed by atoms with Crippen LogP contribution < -0.4 is 0 Å². The van der Waals surface area contributed by atoms with Gasteiger partial charge < -0.3 is 29.9 Å². The van der Waals surface area contributed by atoms with E-state index in [4.69, 9.17) is 4.74 Å². The number of ether oxygens (including phenoxy) is 1. The Morgan fingerprint density at radius 1 is 1.15 bits per heavy atom. The van der Waals surface area contributed by atoms with Crippen molar-refractivity contribution in [3.63, 3.8) is 0 Å². The van der Waals surface area contributed by atoms with Crippen LogP contribution >= 0.6 is 0 Å². The highest BCUT2D eigenvalue weighted by Gasteiger charge is 2.76. The molecule has 3 fully saturated rings. The van der Waals surface area contributed by atoms with Crippen LogP contribution in [-0.2, 0) is 9.53 Å². The summed E-state index contributed by atoms with van der Waals surface area (Å²) in [5.41, 5.74) is -4.11. The van der Waals surface area contributed by atoms with Gasteiger partial charge in [-0.05, 0) is 44.1 Å². The Hall–Kier alpha value is -1.48. The summed E-state index contributed by atoms with van der Waals surface area (Å²) in [6.07, 6.45) is 0.944. The summed E-state index contributed by atoms with van der Waals surface area (Å²) in [7, 11) is 1.98. The summed E-state index contributed by atoms with van der Waals surface area (Å²) in [6.45, 7) is 15.2. The number of piperazine rings is 1. The number of carbonyl (C=O) groups excluding carboxylic acids is 2. The zero-order valence-corrected chi connectivity index (χ0v) is 21.7. The van der Waals surface area contributed by atoms with Crippen LogP contribution in [0.25, 0.3) is 0 Å². The molecule has 0 radical (unpaired) electrons. The van der Waals surface area contributed by atoms with Crippen LogP contribution in [0.15, 0.2) is 12.7 Å². The van der Waals surface area contributed by atoms with Crippen LogP contribution in [-0.4, -0.2) is 87.7 Å². The van der Waals surface area contributed by atoms with Crippen molar-refractivity contribution >= 4 is 11.9 Å². The second-order valence-corrected chi connectivity index (χ2v) is 11.9. The topological polar surface area (TPSA) is 111 Å². The van der Waals surface area contributed by atoms with E-state index in [-0.39, 0.29) is 25.2 Å². The number of fused-ring (bicyclic) bond motifs is 1. The quantitative estimate of drug-likeness (QED) is 0.409. The summed E-state index contributed by atoms with van der Waals surface area (Å²) in [6, 6.07) is 0. The Morgan fingerprint density at radius 3 is 2.29 bits per heavy atom. The van der Waals surface area contributed by atoms with Gasteiger partial charge >= 0.3 is 6.09 Å². The van der Waals surface area contributed by atoms with Crippen molar-refractivity contribution in [1.82, 2.24) is 9.80 Å². The molecule has 0 aromatic heterocycles. The summed E-state index contributed by atoms with van der Waals surface area (Å²) >= 11 is 0. The fraction of sp³-hybridized carbons (Fsp3) is 0.846. The molecule has 0 spiro atoms. The minimum absolute atomic E-state index is 0.0473. The Bertz CT molecular complexity index is 809. The number of nitrogens with zero attached hydrogens (tertiary/aromatic N) is 2. The van der Waals surface area contributed by atoms with E-state index in [1.165, 1.54) is 0 Å². The number of allylic oxidation sites excluding steroid dienone is 1. The maximum Gasteiger partial charge on any atom is 0.412 e.